The number of nitriles is 2. The Kier molecular flexibility index (Phi) is 2.87. The molecule has 0 radical (unpaired) electrons. The highest BCUT2D eigenvalue weighted by Crippen LogP contribution is 2.42. The van der Waals surface area contributed by atoms with Crippen LogP contribution in [-0.2, 0) is 0 Å². The molecule has 0 atom stereocenters. The van der Waals surface area contributed by atoms with Crippen molar-refractivity contribution in [3.05, 3.63) is 56.5 Å². The predicted octanol–water partition coefficient (Wildman–Crippen LogP) is 5.85. The van der Waals surface area contributed by atoms with Crippen LogP contribution in [0.5, 0.6) is 0 Å². The second-order valence-electron chi connectivity index (χ2n) is 5.11. The SMILES string of the molecule is N#Cc1cc(C#N)c2ccc3c(Br)cc(Br)c4ccc1c2c43. The minimum absolute atomic E-state index is 0.537. The normalized spacial score (nSPS) is 11.1. The topological polar surface area (TPSA) is 47.6 Å². The fourth-order valence-electron chi connectivity index (χ4n) is 3.09. The van der Waals surface area contributed by atoms with Gasteiger partial charge in [0.15, 0.2) is 0 Å². The second kappa shape index (κ2) is 4.68. The molecule has 0 bridgehead atoms. The third-order valence-electron chi connectivity index (χ3n) is 4.04. The molecule has 0 heterocycles. The summed E-state index contributed by atoms with van der Waals surface area (Å²) in [5, 5.41) is 24.8. The molecular formula is C18H6Br2N2. The molecule has 0 N–H and O–H groups in total. The number of benzene rings is 4. The van der Waals surface area contributed by atoms with E-state index in [0.717, 1.165) is 41.3 Å². The van der Waals surface area contributed by atoms with E-state index in [9.17, 15) is 10.5 Å². The van der Waals surface area contributed by atoms with Gasteiger partial charge in [-0.25, -0.2) is 0 Å². The van der Waals surface area contributed by atoms with Gasteiger partial charge in [0.2, 0.25) is 0 Å². The van der Waals surface area contributed by atoms with Crippen molar-refractivity contribution in [2.24, 2.45) is 0 Å². The van der Waals surface area contributed by atoms with E-state index in [1.807, 2.05) is 30.3 Å². The summed E-state index contributed by atoms with van der Waals surface area (Å²) in [5.74, 6) is 0. The first-order valence-corrected chi connectivity index (χ1v) is 8.14. The molecule has 0 spiro atoms. The van der Waals surface area contributed by atoms with Gasteiger partial charge in [0.1, 0.15) is 0 Å². The highest BCUT2D eigenvalue weighted by atomic mass is 79.9. The van der Waals surface area contributed by atoms with Gasteiger partial charge in [0.25, 0.3) is 0 Å². The van der Waals surface area contributed by atoms with Gasteiger partial charge in [-0.1, -0.05) is 56.1 Å². The summed E-state index contributed by atoms with van der Waals surface area (Å²) in [6, 6.07) is 16.1. The van der Waals surface area contributed by atoms with Gasteiger partial charge in [-0.2, -0.15) is 10.5 Å². The zero-order chi connectivity index (χ0) is 15.4. The Morgan fingerprint density at radius 3 is 1.50 bits per heavy atom. The minimum atomic E-state index is 0.537. The molecule has 4 rings (SSSR count). The lowest BCUT2D eigenvalue weighted by atomic mass is 9.90. The van der Waals surface area contributed by atoms with Gasteiger partial charge in [-0.05, 0) is 28.3 Å². The Balaban J connectivity index is 2.46. The molecule has 4 aromatic carbocycles. The highest BCUT2D eigenvalue weighted by Gasteiger charge is 2.16. The molecule has 0 amide bonds. The molecule has 0 aliphatic rings. The number of halogens is 2. The Hall–Kier alpha value is -2.14. The van der Waals surface area contributed by atoms with Gasteiger partial charge < -0.3 is 0 Å². The average Bonchev–Trinajstić information content (AvgIpc) is 2.54. The van der Waals surface area contributed by atoms with Crippen LogP contribution in [0.3, 0.4) is 0 Å². The van der Waals surface area contributed by atoms with Gasteiger partial charge >= 0.3 is 0 Å². The fraction of sp³-hybridized carbons (Fsp3) is 0. The number of hydrogen-bond donors (Lipinski definition) is 0. The Bertz CT molecular complexity index is 1080. The summed E-state index contributed by atoms with van der Waals surface area (Å²) in [5.41, 5.74) is 1.07. The molecule has 4 aromatic rings. The van der Waals surface area contributed by atoms with Gasteiger partial charge in [-0.3, -0.25) is 0 Å². The van der Waals surface area contributed by atoms with Crippen LogP contribution in [0.2, 0.25) is 0 Å². The summed E-state index contributed by atoms with van der Waals surface area (Å²) in [4.78, 5) is 0. The second-order valence-corrected chi connectivity index (χ2v) is 6.82. The van der Waals surface area contributed by atoms with Crippen LogP contribution in [0.15, 0.2) is 45.3 Å². The molecule has 22 heavy (non-hydrogen) atoms. The van der Waals surface area contributed by atoms with Crippen LogP contribution in [0, 0.1) is 22.7 Å². The Morgan fingerprint density at radius 2 is 1.05 bits per heavy atom. The first kappa shape index (κ1) is 13.5. The largest absolute Gasteiger partial charge is 0.192 e. The summed E-state index contributed by atoms with van der Waals surface area (Å²) in [6.07, 6.45) is 0. The number of rotatable bonds is 0. The smallest absolute Gasteiger partial charge is 0.0998 e. The lowest BCUT2D eigenvalue weighted by Crippen LogP contribution is -1.91. The molecule has 0 unspecified atom stereocenters. The Morgan fingerprint density at radius 1 is 0.636 bits per heavy atom. The monoisotopic (exact) mass is 408 g/mol. The van der Waals surface area contributed by atoms with E-state index in [4.69, 9.17) is 0 Å². The van der Waals surface area contributed by atoms with Crippen LogP contribution in [0.25, 0.3) is 32.3 Å². The maximum absolute atomic E-state index is 9.42. The maximum Gasteiger partial charge on any atom is 0.0998 e. The van der Waals surface area contributed by atoms with Crippen molar-refractivity contribution < 1.29 is 0 Å². The van der Waals surface area contributed by atoms with E-state index in [2.05, 4.69) is 44.0 Å². The number of nitrogens with zero attached hydrogens (tertiary/aromatic N) is 2. The summed E-state index contributed by atoms with van der Waals surface area (Å²) < 4.78 is 1.98. The molecule has 0 aliphatic carbocycles. The van der Waals surface area contributed by atoms with Crippen molar-refractivity contribution in [3.8, 4) is 12.1 Å². The van der Waals surface area contributed by atoms with Crippen LogP contribution in [-0.4, -0.2) is 0 Å². The molecule has 2 nitrogen and oxygen atoms in total. The third kappa shape index (κ3) is 1.63. The van der Waals surface area contributed by atoms with E-state index in [-0.39, 0.29) is 0 Å². The first-order chi connectivity index (χ1) is 10.7. The zero-order valence-electron chi connectivity index (χ0n) is 11.1. The third-order valence-corrected chi connectivity index (χ3v) is 5.35. The van der Waals surface area contributed by atoms with Crippen molar-refractivity contribution in [1.82, 2.24) is 0 Å². The first-order valence-electron chi connectivity index (χ1n) is 6.55. The maximum atomic E-state index is 9.42. The summed E-state index contributed by atoms with van der Waals surface area (Å²) >= 11 is 7.21. The summed E-state index contributed by atoms with van der Waals surface area (Å²) in [7, 11) is 0. The molecule has 0 fully saturated rings. The van der Waals surface area contributed by atoms with Gasteiger partial charge in [0.05, 0.1) is 23.3 Å². The van der Waals surface area contributed by atoms with Crippen LogP contribution in [0.4, 0.5) is 0 Å². The minimum Gasteiger partial charge on any atom is -0.192 e. The Labute approximate surface area is 143 Å². The average molecular weight is 410 g/mol. The molecule has 0 aliphatic heterocycles. The quantitative estimate of drug-likeness (QED) is 0.342. The van der Waals surface area contributed by atoms with Crippen LogP contribution in [0.1, 0.15) is 11.1 Å². The van der Waals surface area contributed by atoms with E-state index < -0.39 is 0 Å². The van der Waals surface area contributed by atoms with Gasteiger partial charge in [0, 0.05) is 25.1 Å². The van der Waals surface area contributed by atoms with E-state index in [0.29, 0.717) is 11.1 Å². The molecular weight excluding hydrogens is 404 g/mol. The van der Waals surface area contributed by atoms with E-state index in [1.165, 1.54) is 0 Å². The lowest BCUT2D eigenvalue weighted by Gasteiger charge is -2.14. The van der Waals surface area contributed by atoms with Crippen molar-refractivity contribution >= 4 is 64.2 Å². The van der Waals surface area contributed by atoms with Gasteiger partial charge in [-0.15, -0.1) is 0 Å². The van der Waals surface area contributed by atoms with Crippen LogP contribution >= 0.6 is 31.9 Å². The van der Waals surface area contributed by atoms with Crippen molar-refractivity contribution in [1.29, 1.82) is 10.5 Å². The molecule has 0 saturated heterocycles. The van der Waals surface area contributed by atoms with Crippen molar-refractivity contribution in [3.63, 3.8) is 0 Å². The highest BCUT2D eigenvalue weighted by molar-refractivity contribution is 9.11. The zero-order valence-corrected chi connectivity index (χ0v) is 14.3. The molecule has 0 saturated carbocycles. The van der Waals surface area contributed by atoms with Crippen molar-refractivity contribution in [2.45, 2.75) is 0 Å². The van der Waals surface area contributed by atoms with E-state index in [1.54, 1.807) is 6.07 Å². The fourth-order valence-corrected chi connectivity index (χ4v) is 4.52. The summed E-state index contributed by atoms with van der Waals surface area (Å²) in [6.45, 7) is 0. The number of hydrogen-bond acceptors (Lipinski definition) is 2. The molecule has 4 heteroatoms. The van der Waals surface area contributed by atoms with Crippen molar-refractivity contribution in [2.75, 3.05) is 0 Å². The standard InChI is InChI=1S/C18H6Br2N2/c19-15-6-16(20)14-4-2-12-10(8-22)5-9(7-21)11-1-3-13(15)18(14)17(11)12/h1-6H. The van der Waals surface area contributed by atoms with Crippen LogP contribution < -0.4 is 0 Å². The lowest BCUT2D eigenvalue weighted by molar-refractivity contribution is 1.48. The molecule has 0 aromatic heterocycles. The van der Waals surface area contributed by atoms with E-state index >= 15 is 0 Å². The predicted molar refractivity (Wildman–Crippen MR) is 95.0 cm³/mol. The molecule has 102 valence electrons.